The fourth-order valence-corrected chi connectivity index (χ4v) is 4.99. The second kappa shape index (κ2) is 9.02. The average Bonchev–Trinajstić information content (AvgIpc) is 3.10. The predicted octanol–water partition coefficient (Wildman–Crippen LogP) is 4.99. The van der Waals surface area contributed by atoms with Gasteiger partial charge in [0.15, 0.2) is 0 Å². The Balaban J connectivity index is 1.77. The molecule has 4 nitrogen and oxygen atoms in total. The Morgan fingerprint density at radius 1 is 0.926 bits per heavy atom. The summed E-state index contributed by atoms with van der Waals surface area (Å²) in [6.07, 6.45) is 6.99. The molecule has 2 aliphatic heterocycles. The van der Waals surface area contributed by atoms with Crippen molar-refractivity contribution in [1.82, 2.24) is 4.90 Å². The van der Waals surface area contributed by atoms with Gasteiger partial charge in [-0.15, -0.1) is 0 Å². The number of hydrogen-bond donors (Lipinski definition) is 0. The first-order chi connectivity index (χ1) is 13.1. The van der Waals surface area contributed by atoms with Crippen molar-refractivity contribution in [3.63, 3.8) is 0 Å². The fraction of sp³-hybridized carbons (Fsp3) is 0.476. The topological polar surface area (TPSA) is 40.6 Å². The molecule has 2 amide bonds. The van der Waals surface area contributed by atoms with Gasteiger partial charge in [-0.1, -0.05) is 81.2 Å². The number of thiocarbonyl (C=S) groups is 1. The highest BCUT2D eigenvalue weighted by molar-refractivity contribution is 8.26. The molecule has 2 aliphatic rings. The minimum atomic E-state index is -0.116. The van der Waals surface area contributed by atoms with Gasteiger partial charge in [-0.05, 0) is 19.4 Å². The third kappa shape index (κ3) is 3.97. The van der Waals surface area contributed by atoms with Crippen LogP contribution < -0.4 is 4.90 Å². The summed E-state index contributed by atoms with van der Waals surface area (Å²) in [5.74, 6) is -0.214. The Morgan fingerprint density at radius 3 is 2.37 bits per heavy atom. The molecule has 0 saturated carbocycles. The van der Waals surface area contributed by atoms with Gasteiger partial charge < -0.3 is 4.90 Å². The summed E-state index contributed by atoms with van der Waals surface area (Å²) in [4.78, 5) is 29.8. The molecule has 0 aromatic heterocycles. The van der Waals surface area contributed by atoms with Crippen LogP contribution in [0.1, 0.15) is 57.9 Å². The number of carbonyl (C=O) groups is 2. The van der Waals surface area contributed by atoms with Gasteiger partial charge >= 0.3 is 0 Å². The van der Waals surface area contributed by atoms with Crippen LogP contribution in [0.2, 0.25) is 0 Å². The summed E-state index contributed by atoms with van der Waals surface area (Å²) < 4.78 is 0.566. The Hall–Kier alpha value is -1.66. The van der Waals surface area contributed by atoms with E-state index in [0.29, 0.717) is 27.9 Å². The van der Waals surface area contributed by atoms with Crippen molar-refractivity contribution in [3.8, 4) is 0 Å². The number of nitrogens with zero attached hydrogens (tertiary/aromatic N) is 2. The first-order valence-electron chi connectivity index (χ1n) is 9.79. The number of carbonyl (C=O) groups excluding carboxylic acids is 2. The van der Waals surface area contributed by atoms with Crippen molar-refractivity contribution >= 4 is 51.4 Å². The smallest absolute Gasteiger partial charge is 0.267 e. The lowest BCUT2D eigenvalue weighted by Crippen LogP contribution is -2.30. The molecule has 2 heterocycles. The molecule has 0 N–H and O–H groups in total. The Kier molecular flexibility index (Phi) is 6.71. The predicted molar refractivity (Wildman–Crippen MR) is 117 cm³/mol. The number of para-hydroxylation sites is 1. The molecule has 0 radical (unpaired) electrons. The number of benzene rings is 1. The first-order valence-corrected chi connectivity index (χ1v) is 11.0. The molecule has 1 saturated heterocycles. The van der Waals surface area contributed by atoms with Gasteiger partial charge in [0, 0.05) is 18.7 Å². The van der Waals surface area contributed by atoms with E-state index in [2.05, 4.69) is 6.92 Å². The average molecular weight is 403 g/mol. The van der Waals surface area contributed by atoms with Gasteiger partial charge in [-0.25, -0.2) is 0 Å². The van der Waals surface area contributed by atoms with Gasteiger partial charge in [0.2, 0.25) is 0 Å². The van der Waals surface area contributed by atoms with Crippen LogP contribution in [0.25, 0.3) is 5.57 Å². The van der Waals surface area contributed by atoms with E-state index in [1.807, 2.05) is 31.2 Å². The summed E-state index contributed by atoms with van der Waals surface area (Å²) in [7, 11) is 0. The van der Waals surface area contributed by atoms with E-state index in [4.69, 9.17) is 12.2 Å². The van der Waals surface area contributed by atoms with Crippen molar-refractivity contribution in [3.05, 3.63) is 34.7 Å². The van der Waals surface area contributed by atoms with Gasteiger partial charge in [-0.2, -0.15) is 0 Å². The van der Waals surface area contributed by atoms with Crippen molar-refractivity contribution in [2.24, 2.45) is 0 Å². The number of anilines is 1. The summed E-state index contributed by atoms with van der Waals surface area (Å²) in [5.41, 5.74) is 2.22. The van der Waals surface area contributed by atoms with Gasteiger partial charge in [0.05, 0.1) is 16.2 Å². The van der Waals surface area contributed by atoms with Crippen LogP contribution in [0, 0.1) is 0 Å². The van der Waals surface area contributed by atoms with Crippen LogP contribution in [0.5, 0.6) is 0 Å². The van der Waals surface area contributed by atoms with Crippen molar-refractivity contribution < 1.29 is 9.59 Å². The maximum Gasteiger partial charge on any atom is 0.267 e. The zero-order chi connectivity index (χ0) is 19.4. The highest BCUT2D eigenvalue weighted by Crippen LogP contribution is 2.44. The molecule has 0 spiro atoms. The molecule has 1 aromatic carbocycles. The van der Waals surface area contributed by atoms with Crippen molar-refractivity contribution in [1.29, 1.82) is 0 Å². The number of thioether (sulfide) groups is 1. The third-order valence-electron chi connectivity index (χ3n) is 5.05. The summed E-state index contributed by atoms with van der Waals surface area (Å²) in [6.45, 7) is 5.37. The highest BCUT2D eigenvalue weighted by atomic mass is 32.2. The number of likely N-dealkylation sites (N-methyl/N-ethyl adjacent to an activating group) is 1. The minimum Gasteiger partial charge on any atom is -0.308 e. The zero-order valence-electron chi connectivity index (χ0n) is 16.0. The lowest BCUT2D eigenvalue weighted by molar-refractivity contribution is -0.122. The number of rotatable bonds is 8. The van der Waals surface area contributed by atoms with Crippen molar-refractivity contribution in [2.45, 2.75) is 52.4 Å². The maximum absolute atomic E-state index is 13.0. The number of hydrogen-bond acceptors (Lipinski definition) is 4. The SMILES string of the molecule is CCCCCCCCN1C(=O)C(=C2C(=O)N(CC)c3ccccc32)SC1=S. The molecule has 0 aliphatic carbocycles. The van der Waals surface area contributed by atoms with Gasteiger partial charge in [0.25, 0.3) is 11.8 Å². The quantitative estimate of drug-likeness (QED) is 0.349. The number of unbranched alkanes of at least 4 members (excludes halogenated alkanes) is 5. The van der Waals surface area contributed by atoms with Gasteiger partial charge in [-0.3, -0.25) is 14.5 Å². The fourth-order valence-electron chi connectivity index (χ4n) is 3.61. The van der Waals surface area contributed by atoms with Crippen LogP contribution in [0.4, 0.5) is 5.69 Å². The molecule has 27 heavy (non-hydrogen) atoms. The summed E-state index contributed by atoms with van der Waals surface area (Å²) in [5, 5.41) is 0. The molecular weight excluding hydrogens is 376 g/mol. The largest absolute Gasteiger partial charge is 0.308 e. The van der Waals surface area contributed by atoms with Crippen LogP contribution in [-0.2, 0) is 9.59 Å². The molecule has 0 bridgehead atoms. The highest BCUT2D eigenvalue weighted by Gasteiger charge is 2.41. The van der Waals surface area contributed by atoms with E-state index in [-0.39, 0.29) is 11.8 Å². The normalized spacial score (nSPS) is 19.4. The first kappa shape index (κ1) is 20.1. The standard InChI is InChI=1S/C21H26N2O2S2/c1-3-5-6-7-8-11-14-23-20(25)18(27-21(23)26)17-15-12-9-10-13-16(15)22(4-2)19(17)24/h9-10,12-13H,3-8,11,14H2,1-2H3. The van der Waals surface area contributed by atoms with E-state index < -0.39 is 0 Å². The Bertz CT molecular complexity index is 788. The molecule has 1 aromatic rings. The lowest BCUT2D eigenvalue weighted by atomic mass is 10.1. The van der Waals surface area contributed by atoms with E-state index >= 15 is 0 Å². The zero-order valence-corrected chi connectivity index (χ0v) is 17.6. The van der Waals surface area contributed by atoms with Gasteiger partial charge in [0.1, 0.15) is 4.32 Å². The minimum absolute atomic E-state index is 0.0984. The second-order valence-electron chi connectivity index (χ2n) is 6.86. The molecule has 1 fully saturated rings. The van der Waals surface area contributed by atoms with Crippen LogP contribution in [-0.4, -0.2) is 34.1 Å². The molecule has 3 rings (SSSR count). The van der Waals surface area contributed by atoms with Crippen LogP contribution in [0.3, 0.4) is 0 Å². The number of amides is 2. The number of fused-ring (bicyclic) bond motifs is 1. The molecular formula is C21H26N2O2S2. The van der Waals surface area contributed by atoms with E-state index in [1.165, 1.54) is 37.4 Å². The summed E-state index contributed by atoms with van der Waals surface area (Å²) in [6, 6.07) is 7.67. The molecule has 0 atom stereocenters. The second-order valence-corrected chi connectivity index (χ2v) is 8.51. The Morgan fingerprint density at radius 2 is 1.63 bits per heavy atom. The van der Waals surface area contributed by atoms with Crippen LogP contribution in [0.15, 0.2) is 29.2 Å². The monoisotopic (exact) mass is 402 g/mol. The Labute approximate surface area is 171 Å². The maximum atomic E-state index is 13.0. The van der Waals surface area contributed by atoms with E-state index in [0.717, 1.165) is 24.1 Å². The van der Waals surface area contributed by atoms with Crippen LogP contribution >= 0.6 is 24.0 Å². The molecule has 6 heteroatoms. The van der Waals surface area contributed by atoms with E-state index in [9.17, 15) is 9.59 Å². The lowest BCUT2D eigenvalue weighted by Gasteiger charge is -2.14. The van der Waals surface area contributed by atoms with E-state index in [1.54, 1.807) is 9.80 Å². The van der Waals surface area contributed by atoms with Crippen molar-refractivity contribution in [2.75, 3.05) is 18.0 Å². The molecule has 144 valence electrons. The third-order valence-corrected chi connectivity index (χ3v) is 6.50. The molecule has 0 unspecified atom stereocenters. The summed E-state index contributed by atoms with van der Waals surface area (Å²) >= 11 is 6.72.